The molecule has 0 bridgehead atoms. The van der Waals surface area contributed by atoms with Crippen molar-refractivity contribution in [2.45, 2.75) is 76.7 Å². The second-order valence-electron chi connectivity index (χ2n) is 7.44. The number of nitrogens with two attached hydrogens (primary N) is 1. The molecule has 0 aromatic carbocycles. The Hall–Kier alpha value is -0.810. The molecule has 0 atom stereocenters. The van der Waals surface area contributed by atoms with Crippen LogP contribution in [0.1, 0.15) is 53.4 Å². The summed E-state index contributed by atoms with van der Waals surface area (Å²) in [5.41, 5.74) is 5.24. The first-order valence-corrected chi connectivity index (χ1v) is 7.58. The Bertz CT molecular complexity index is 351. The average Bonchev–Trinajstić information content (AvgIpc) is 2.26. The van der Waals surface area contributed by atoms with Gasteiger partial charge in [-0.15, -0.1) is 0 Å². The molecule has 116 valence electrons. The lowest BCUT2D eigenvalue weighted by Gasteiger charge is -2.49. The minimum atomic E-state index is -0.441. The standard InChI is InChI=1S/C15H28N2O3/c1-14(2,3)20-13(18)17-9-15(4,10-17)19-12-7-5-11(16)6-8-12/h11-12H,5-10,16H2,1-4H3. The fourth-order valence-electron chi connectivity index (χ4n) is 2.90. The average molecular weight is 284 g/mol. The van der Waals surface area contributed by atoms with Gasteiger partial charge < -0.3 is 20.1 Å². The van der Waals surface area contributed by atoms with Crippen LogP contribution in [0, 0.1) is 0 Å². The van der Waals surface area contributed by atoms with Crippen molar-refractivity contribution in [3.8, 4) is 0 Å². The summed E-state index contributed by atoms with van der Waals surface area (Å²) >= 11 is 0. The van der Waals surface area contributed by atoms with Crippen LogP contribution in [-0.2, 0) is 9.47 Å². The minimum Gasteiger partial charge on any atom is -0.444 e. The summed E-state index contributed by atoms with van der Waals surface area (Å²) in [5.74, 6) is 0. The molecular formula is C15H28N2O3. The van der Waals surface area contributed by atoms with E-state index < -0.39 is 5.60 Å². The van der Waals surface area contributed by atoms with Gasteiger partial charge in [-0.25, -0.2) is 4.79 Å². The van der Waals surface area contributed by atoms with Gasteiger partial charge in [0.1, 0.15) is 11.2 Å². The first kappa shape index (κ1) is 15.6. The zero-order valence-electron chi connectivity index (χ0n) is 13.1. The molecule has 1 heterocycles. The maximum Gasteiger partial charge on any atom is 0.410 e. The number of amides is 1. The van der Waals surface area contributed by atoms with Crippen molar-refractivity contribution in [3.63, 3.8) is 0 Å². The van der Waals surface area contributed by atoms with Crippen molar-refractivity contribution < 1.29 is 14.3 Å². The van der Waals surface area contributed by atoms with Crippen molar-refractivity contribution in [1.82, 2.24) is 4.90 Å². The molecule has 1 amide bonds. The number of carbonyl (C=O) groups is 1. The summed E-state index contributed by atoms with van der Waals surface area (Å²) in [4.78, 5) is 13.6. The summed E-state index contributed by atoms with van der Waals surface area (Å²) in [6.07, 6.45) is 4.18. The fraction of sp³-hybridized carbons (Fsp3) is 0.933. The second-order valence-corrected chi connectivity index (χ2v) is 7.44. The topological polar surface area (TPSA) is 64.8 Å². The van der Waals surface area contributed by atoms with Crippen molar-refractivity contribution in [2.75, 3.05) is 13.1 Å². The van der Waals surface area contributed by atoms with E-state index in [0.717, 1.165) is 25.7 Å². The number of hydrogen-bond donors (Lipinski definition) is 1. The number of likely N-dealkylation sites (tertiary alicyclic amines) is 1. The molecule has 0 unspecified atom stereocenters. The number of rotatable bonds is 2. The van der Waals surface area contributed by atoms with Crippen molar-refractivity contribution in [1.29, 1.82) is 0 Å². The van der Waals surface area contributed by atoms with Crippen LogP contribution in [0.5, 0.6) is 0 Å². The largest absolute Gasteiger partial charge is 0.444 e. The van der Waals surface area contributed by atoms with E-state index in [-0.39, 0.29) is 11.7 Å². The third kappa shape index (κ3) is 4.09. The third-order valence-electron chi connectivity index (χ3n) is 3.87. The third-order valence-corrected chi connectivity index (χ3v) is 3.87. The molecule has 0 radical (unpaired) electrons. The van der Waals surface area contributed by atoms with Crippen LogP contribution < -0.4 is 5.73 Å². The van der Waals surface area contributed by atoms with Gasteiger partial charge in [0.05, 0.1) is 19.2 Å². The highest BCUT2D eigenvalue weighted by molar-refractivity contribution is 5.69. The van der Waals surface area contributed by atoms with Crippen LogP contribution in [0.25, 0.3) is 0 Å². The molecule has 1 saturated carbocycles. The molecule has 5 heteroatoms. The van der Waals surface area contributed by atoms with Crippen LogP contribution in [0.15, 0.2) is 0 Å². The molecule has 2 aliphatic rings. The summed E-state index contributed by atoms with van der Waals surface area (Å²) < 4.78 is 11.5. The monoisotopic (exact) mass is 284 g/mol. The Kier molecular flexibility index (Phi) is 4.30. The lowest BCUT2D eigenvalue weighted by molar-refractivity contribution is -0.165. The van der Waals surface area contributed by atoms with Gasteiger partial charge in [-0.2, -0.15) is 0 Å². The predicted octanol–water partition coefficient (Wildman–Crippen LogP) is 2.28. The zero-order valence-corrected chi connectivity index (χ0v) is 13.1. The summed E-state index contributed by atoms with van der Waals surface area (Å²) in [6.45, 7) is 8.94. The van der Waals surface area contributed by atoms with E-state index in [1.165, 1.54) is 0 Å². The van der Waals surface area contributed by atoms with Gasteiger partial charge in [-0.3, -0.25) is 0 Å². The second kappa shape index (κ2) is 5.53. The summed E-state index contributed by atoms with van der Waals surface area (Å²) in [5, 5.41) is 0. The Balaban J connectivity index is 1.75. The molecule has 5 nitrogen and oxygen atoms in total. The van der Waals surface area contributed by atoms with Gasteiger partial charge >= 0.3 is 6.09 Å². The number of nitrogens with zero attached hydrogens (tertiary/aromatic N) is 1. The van der Waals surface area contributed by atoms with E-state index in [1.54, 1.807) is 4.90 Å². The fourth-order valence-corrected chi connectivity index (χ4v) is 2.90. The van der Waals surface area contributed by atoms with Gasteiger partial charge in [-0.05, 0) is 53.4 Å². The predicted molar refractivity (Wildman–Crippen MR) is 77.5 cm³/mol. The number of hydrogen-bond acceptors (Lipinski definition) is 4. The van der Waals surface area contributed by atoms with Gasteiger partial charge in [0, 0.05) is 6.04 Å². The molecule has 1 saturated heterocycles. The highest BCUT2D eigenvalue weighted by atomic mass is 16.6. The Labute approximate surface area is 121 Å². The first-order valence-electron chi connectivity index (χ1n) is 7.58. The van der Waals surface area contributed by atoms with E-state index in [2.05, 4.69) is 6.92 Å². The zero-order chi connectivity index (χ0) is 15.0. The molecule has 2 rings (SSSR count). The van der Waals surface area contributed by atoms with E-state index in [9.17, 15) is 4.79 Å². The molecule has 20 heavy (non-hydrogen) atoms. The lowest BCUT2D eigenvalue weighted by atomic mass is 9.91. The van der Waals surface area contributed by atoms with Crippen molar-refractivity contribution in [3.05, 3.63) is 0 Å². The number of carbonyl (C=O) groups excluding carboxylic acids is 1. The molecule has 1 aliphatic carbocycles. The molecule has 2 fully saturated rings. The van der Waals surface area contributed by atoms with Crippen LogP contribution >= 0.6 is 0 Å². The van der Waals surface area contributed by atoms with Crippen LogP contribution in [0.2, 0.25) is 0 Å². The molecule has 2 N–H and O–H groups in total. The summed E-state index contributed by atoms with van der Waals surface area (Å²) in [7, 11) is 0. The Morgan fingerprint density at radius 3 is 2.25 bits per heavy atom. The normalized spacial score (nSPS) is 29.8. The quantitative estimate of drug-likeness (QED) is 0.845. The van der Waals surface area contributed by atoms with Gasteiger partial charge in [0.15, 0.2) is 0 Å². The van der Waals surface area contributed by atoms with Gasteiger partial charge in [-0.1, -0.05) is 0 Å². The molecular weight excluding hydrogens is 256 g/mol. The Morgan fingerprint density at radius 2 is 1.75 bits per heavy atom. The molecule has 0 aromatic rings. The van der Waals surface area contributed by atoms with Gasteiger partial charge in [0.25, 0.3) is 0 Å². The maximum absolute atomic E-state index is 11.9. The van der Waals surface area contributed by atoms with E-state index in [4.69, 9.17) is 15.2 Å². The van der Waals surface area contributed by atoms with Crippen LogP contribution in [0.3, 0.4) is 0 Å². The minimum absolute atomic E-state index is 0.219. The van der Waals surface area contributed by atoms with Crippen LogP contribution in [0.4, 0.5) is 4.79 Å². The lowest BCUT2D eigenvalue weighted by Crippen LogP contribution is -2.64. The first-order chi connectivity index (χ1) is 9.17. The van der Waals surface area contributed by atoms with E-state index in [1.807, 2.05) is 20.8 Å². The highest BCUT2D eigenvalue weighted by Gasteiger charge is 2.45. The summed E-state index contributed by atoms with van der Waals surface area (Å²) in [6, 6.07) is 0.335. The Morgan fingerprint density at radius 1 is 1.20 bits per heavy atom. The van der Waals surface area contributed by atoms with Crippen molar-refractivity contribution >= 4 is 6.09 Å². The van der Waals surface area contributed by atoms with E-state index >= 15 is 0 Å². The molecule has 0 spiro atoms. The smallest absolute Gasteiger partial charge is 0.410 e. The van der Waals surface area contributed by atoms with Crippen LogP contribution in [-0.4, -0.2) is 47.4 Å². The van der Waals surface area contributed by atoms with E-state index in [0.29, 0.717) is 25.2 Å². The number of ether oxygens (including phenoxy) is 2. The van der Waals surface area contributed by atoms with Crippen molar-refractivity contribution in [2.24, 2.45) is 5.73 Å². The highest BCUT2D eigenvalue weighted by Crippen LogP contribution is 2.31. The SMILES string of the molecule is CC(C)(C)OC(=O)N1CC(C)(OC2CCC(N)CC2)C1. The maximum atomic E-state index is 11.9. The molecule has 0 aromatic heterocycles. The molecule has 1 aliphatic heterocycles. The van der Waals surface area contributed by atoms with Gasteiger partial charge in [0.2, 0.25) is 0 Å².